The molecule has 1 unspecified atom stereocenters. The Labute approximate surface area is 146 Å². The van der Waals surface area contributed by atoms with Crippen molar-refractivity contribution in [2.45, 2.75) is 56.3 Å². The van der Waals surface area contributed by atoms with E-state index in [-0.39, 0.29) is 11.9 Å². The molecular formula is C15H26N2O5SSi. The molecule has 0 amide bonds. The van der Waals surface area contributed by atoms with E-state index in [9.17, 15) is 19.8 Å². The van der Waals surface area contributed by atoms with Gasteiger partial charge in [-0.1, -0.05) is 19.6 Å². The highest BCUT2D eigenvalue weighted by Crippen LogP contribution is 2.36. The lowest BCUT2D eigenvalue weighted by Gasteiger charge is -2.21. The molecule has 0 radical (unpaired) electrons. The van der Waals surface area contributed by atoms with Gasteiger partial charge in [0.1, 0.15) is 6.10 Å². The average Bonchev–Trinajstić information content (AvgIpc) is 2.78. The summed E-state index contributed by atoms with van der Waals surface area (Å²) in [6.45, 7) is 8.20. The molecule has 9 heteroatoms. The molecule has 0 aliphatic carbocycles. The Kier molecular flexibility index (Phi) is 6.13. The van der Waals surface area contributed by atoms with Gasteiger partial charge in [0.25, 0.3) is 5.56 Å². The number of aliphatic hydroxyl groups is 2. The fourth-order valence-corrected chi connectivity index (χ4v) is 6.47. The van der Waals surface area contributed by atoms with Crippen molar-refractivity contribution in [3.05, 3.63) is 32.6 Å². The number of nitrogens with zero attached hydrogens (tertiary/aromatic N) is 1. The molecule has 4 atom stereocenters. The highest BCUT2D eigenvalue weighted by molar-refractivity contribution is 8.00. The highest BCUT2D eigenvalue weighted by Gasteiger charge is 2.45. The first-order chi connectivity index (χ1) is 11.1. The maximum absolute atomic E-state index is 12.0. The van der Waals surface area contributed by atoms with E-state index in [1.54, 1.807) is 18.7 Å². The maximum Gasteiger partial charge on any atom is 0.330 e. The number of thioether (sulfide) groups is 1. The Morgan fingerprint density at radius 1 is 1.38 bits per heavy atom. The Morgan fingerprint density at radius 2 is 2.04 bits per heavy atom. The lowest BCUT2D eigenvalue weighted by Crippen LogP contribution is -2.38. The van der Waals surface area contributed by atoms with Gasteiger partial charge < -0.3 is 14.9 Å². The molecule has 0 spiro atoms. The van der Waals surface area contributed by atoms with Crippen LogP contribution in [-0.4, -0.2) is 57.7 Å². The summed E-state index contributed by atoms with van der Waals surface area (Å²) in [5, 5.41) is 19.9. The molecule has 1 aliphatic heterocycles. The van der Waals surface area contributed by atoms with E-state index in [2.05, 4.69) is 24.6 Å². The summed E-state index contributed by atoms with van der Waals surface area (Å²) in [5.41, 5.74) is -0.719. The standard InChI is InChI=1S/C15H26N2O5SSi/c1-9-7-17(15(21)16-13(9)20)14-11(19)12(10(8-18)22-14)23-5-6-24(2,3)4/h7,10-12,14,18-19H,5-6,8H2,1-4H3,(H,16,20,21)/t10-,11?,12+,14-/m1/s1. The minimum absolute atomic E-state index is 0.227. The molecule has 1 aromatic heterocycles. The predicted molar refractivity (Wildman–Crippen MR) is 97.5 cm³/mol. The van der Waals surface area contributed by atoms with Crippen LogP contribution in [0.25, 0.3) is 0 Å². The molecule has 0 bridgehead atoms. The SMILES string of the molecule is Cc1cn([C@@H]2O[C@H](CO)[C@H](SCC[Si](C)(C)C)C2O)c(=O)[nH]c1=O. The van der Waals surface area contributed by atoms with Gasteiger partial charge in [-0.25, -0.2) is 4.79 Å². The van der Waals surface area contributed by atoms with Crippen molar-refractivity contribution in [3.63, 3.8) is 0 Å². The van der Waals surface area contributed by atoms with Crippen LogP contribution in [0.4, 0.5) is 0 Å². The molecule has 2 heterocycles. The summed E-state index contributed by atoms with van der Waals surface area (Å²) >= 11 is 1.58. The number of hydrogen-bond acceptors (Lipinski definition) is 6. The Hall–Kier alpha value is -0.873. The fraction of sp³-hybridized carbons (Fsp3) is 0.733. The van der Waals surface area contributed by atoms with Gasteiger partial charge in [-0.3, -0.25) is 14.3 Å². The van der Waals surface area contributed by atoms with Gasteiger partial charge in [0.05, 0.1) is 18.0 Å². The van der Waals surface area contributed by atoms with Gasteiger partial charge in [0.2, 0.25) is 0 Å². The minimum Gasteiger partial charge on any atom is -0.394 e. The Bertz CT molecular complexity index is 684. The second-order valence-electron chi connectivity index (χ2n) is 7.36. The lowest BCUT2D eigenvalue weighted by atomic mass is 10.2. The molecule has 2 rings (SSSR count). The van der Waals surface area contributed by atoms with Crippen LogP contribution < -0.4 is 11.2 Å². The molecule has 1 fully saturated rings. The molecule has 7 nitrogen and oxygen atoms in total. The van der Waals surface area contributed by atoms with Gasteiger partial charge in [0, 0.05) is 19.8 Å². The number of aliphatic hydroxyl groups excluding tert-OH is 2. The second kappa shape index (κ2) is 7.57. The molecule has 0 aromatic carbocycles. The number of aromatic nitrogens is 2. The highest BCUT2D eigenvalue weighted by atomic mass is 32.2. The van der Waals surface area contributed by atoms with Crippen LogP contribution in [0.1, 0.15) is 11.8 Å². The van der Waals surface area contributed by atoms with Gasteiger partial charge in [0.15, 0.2) is 6.23 Å². The van der Waals surface area contributed by atoms with Gasteiger partial charge in [-0.15, -0.1) is 0 Å². The molecule has 1 aliphatic rings. The van der Waals surface area contributed by atoms with Crippen LogP contribution in [0.5, 0.6) is 0 Å². The van der Waals surface area contributed by atoms with Crippen LogP contribution in [0.3, 0.4) is 0 Å². The summed E-state index contributed by atoms with van der Waals surface area (Å²) < 4.78 is 6.91. The average molecular weight is 375 g/mol. The minimum atomic E-state index is -1.19. The van der Waals surface area contributed by atoms with Gasteiger partial charge in [-0.05, 0) is 18.7 Å². The zero-order valence-electron chi connectivity index (χ0n) is 14.5. The monoisotopic (exact) mass is 374 g/mol. The number of H-pyrrole nitrogens is 1. The largest absolute Gasteiger partial charge is 0.394 e. The van der Waals surface area contributed by atoms with Crippen molar-refractivity contribution in [1.82, 2.24) is 9.55 Å². The normalized spacial score (nSPS) is 27.6. The van der Waals surface area contributed by atoms with E-state index < -0.39 is 37.8 Å². The predicted octanol–water partition coefficient (Wildman–Crippen LogP) is 0.536. The van der Waals surface area contributed by atoms with Crippen molar-refractivity contribution in [3.8, 4) is 0 Å². The smallest absolute Gasteiger partial charge is 0.330 e. The van der Waals surface area contributed by atoms with Crippen LogP contribution in [-0.2, 0) is 4.74 Å². The third-order valence-corrected chi connectivity index (χ3v) is 7.59. The van der Waals surface area contributed by atoms with Crippen molar-refractivity contribution < 1.29 is 14.9 Å². The number of rotatable bonds is 6. The van der Waals surface area contributed by atoms with Crippen molar-refractivity contribution in [1.29, 1.82) is 0 Å². The zero-order valence-corrected chi connectivity index (χ0v) is 16.3. The molecule has 0 saturated carbocycles. The lowest BCUT2D eigenvalue weighted by molar-refractivity contribution is -0.0531. The molecule has 1 saturated heterocycles. The summed E-state index contributed by atoms with van der Waals surface area (Å²) in [6.07, 6.45) is -0.999. The summed E-state index contributed by atoms with van der Waals surface area (Å²) in [6, 6.07) is 1.10. The van der Waals surface area contributed by atoms with E-state index in [1.165, 1.54) is 10.8 Å². The van der Waals surface area contributed by atoms with Crippen LogP contribution in [0, 0.1) is 6.92 Å². The number of ether oxygens (including phenoxy) is 1. The van der Waals surface area contributed by atoms with Crippen LogP contribution in [0.2, 0.25) is 25.7 Å². The van der Waals surface area contributed by atoms with Crippen LogP contribution in [0.15, 0.2) is 15.8 Å². The van der Waals surface area contributed by atoms with Gasteiger partial charge in [-0.2, -0.15) is 11.8 Å². The van der Waals surface area contributed by atoms with E-state index in [1.807, 2.05) is 0 Å². The van der Waals surface area contributed by atoms with Crippen molar-refractivity contribution in [2.75, 3.05) is 12.4 Å². The van der Waals surface area contributed by atoms with Crippen molar-refractivity contribution in [2.24, 2.45) is 0 Å². The van der Waals surface area contributed by atoms with E-state index in [4.69, 9.17) is 4.74 Å². The van der Waals surface area contributed by atoms with E-state index in [0.29, 0.717) is 5.56 Å². The van der Waals surface area contributed by atoms with Crippen molar-refractivity contribution >= 4 is 19.8 Å². The van der Waals surface area contributed by atoms with E-state index >= 15 is 0 Å². The first kappa shape index (κ1) is 19.5. The summed E-state index contributed by atoms with van der Waals surface area (Å²) in [4.78, 5) is 25.7. The molecule has 136 valence electrons. The summed E-state index contributed by atoms with van der Waals surface area (Å²) in [5.74, 6) is 0.879. The Morgan fingerprint density at radius 3 is 2.62 bits per heavy atom. The number of aryl methyl sites for hydroxylation is 1. The van der Waals surface area contributed by atoms with Gasteiger partial charge >= 0.3 is 5.69 Å². The summed E-state index contributed by atoms with van der Waals surface area (Å²) in [7, 11) is -1.19. The first-order valence-corrected chi connectivity index (χ1v) is 12.8. The number of hydrogen-bond donors (Lipinski definition) is 3. The molecule has 1 aromatic rings. The first-order valence-electron chi connectivity index (χ1n) is 8.02. The third kappa shape index (κ3) is 4.40. The quantitative estimate of drug-likeness (QED) is 0.628. The molecular weight excluding hydrogens is 348 g/mol. The zero-order chi connectivity index (χ0) is 18.1. The molecule has 3 N–H and O–H groups in total. The molecule has 24 heavy (non-hydrogen) atoms. The topological polar surface area (TPSA) is 105 Å². The fourth-order valence-electron chi connectivity index (χ4n) is 2.58. The second-order valence-corrected chi connectivity index (χ2v) is 14.3. The number of nitrogens with one attached hydrogen (secondary N) is 1. The number of aromatic amines is 1. The maximum atomic E-state index is 12.0. The van der Waals surface area contributed by atoms with Crippen LogP contribution >= 0.6 is 11.8 Å². The third-order valence-electron chi connectivity index (χ3n) is 4.07. The Balaban J connectivity index is 2.18. The van der Waals surface area contributed by atoms with E-state index in [0.717, 1.165) is 11.8 Å².